The SMILES string of the molecule is CCCCCCCCCCCCOc1ccc(C(=O)NCCCNCCCNC(=O)c2ccc(OCCCCCCCCCCCC)cc2)cc1. The minimum Gasteiger partial charge on any atom is -0.494 e. The monoisotopic (exact) mass is 708 g/mol. The molecule has 0 aliphatic carbocycles. The Balaban J connectivity index is 1.40. The number of rotatable bonds is 34. The van der Waals surface area contributed by atoms with Gasteiger partial charge in [0.15, 0.2) is 0 Å². The van der Waals surface area contributed by atoms with Gasteiger partial charge in [0.25, 0.3) is 11.8 Å². The molecular formula is C44H73N3O4. The third kappa shape index (κ3) is 23.9. The molecule has 0 radical (unpaired) electrons. The summed E-state index contributed by atoms with van der Waals surface area (Å²) in [4.78, 5) is 25.0. The van der Waals surface area contributed by atoms with Crippen molar-refractivity contribution >= 4 is 11.8 Å². The predicted octanol–water partition coefficient (Wildman–Crippen LogP) is 10.8. The number of ether oxygens (including phenoxy) is 2. The van der Waals surface area contributed by atoms with Crippen LogP contribution in [0.2, 0.25) is 0 Å². The van der Waals surface area contributed by atoms with Crippen LogP contribution in [-0.4, -0.2) is 51.2 Å². The first-order valence-electron chi connectivity index (χ1n) is 20.9. The second-order valence-electron chi connectivity index (χ2n) is 14.1. The van der Waals surface area contributed by atoms with Gasteiger partial charge >= 0.3 is 0 Å². The highest BCUT2D eigenvalue weighted by molar-refractivity contribution is 5.94. The molecule has 51 heavy (non-hydrogen) atoms. The molecule has 0 spiro atoms. The van der Waals surface area contributed by atoms with Gasteiger partial charge in [0, 0.05) is 24.2 Å². The second kappa shape index (κ2) is 31.7. The van der Waals surface area contributed by atoms with Crippen LogP contribution < -0.4 is 25.4 Å². The topological polar surface area (TPSA) is 88.7 Å². The molecule has 2 amide bonds. The lowest BCUT2D eigenvalue weighted by Gasteiger charge is -2.09. The molecule has 0 aliphatic rings. The van der Waals surface area contributed by atoms with Crippen molar-refractivity contribution in [3.8, 4) is 11.5 Å². The summed E-state index contributed by atoms with van der Waals surface area (Å²) >= 11 is 0. The second-order valence-corrected chi connectivity index (χ2v) is 14.1. The number of amides is 2. The van der Waals surface area contributed by atoms with E-state index in [0.29, 0.717) is 24.2 Å². The molecule has 0 aromatic heterocycles. The van der Waals surface area contributed by atoms with Gasteiger partial charge in [-0.15, -0.1) is 0 Å². The number of hydrogen-bond donors (Lipinski definition) is 3. The van der Waals surface area contributed by atoms with Crippen LogP contribution in [0, 0.1) is 0 Å². The molecule has 0 aliphatic heterocycles. The molecule has 0 fully saturated rings. The number of nitrogens with one attached hydrogen (secondary N) is 3. The van der Waals surface area contributed by atoms with Gasteiger partial charge in [-0.05, 0) is 87.3 Å². The third-order valence-corrected chi connectivity index (χ3v) is 9.40. The molecule has 3 N–H and O–H groups in total. The van der Waals surface area contributed by atoms with Gasteiger partial charge in [0.1, 0.15) is 11.5 Å². The van der Waals surface area contributed by atoms with E-state index in [1.165, 1.54) is 116 Å². The molecule has 2 rings (SSSR count). The Morgan fingerprint density at radius 1 is 0.412 bits per heavy atom. The average Bonchev–Trinajstić information content (AvgIpc) is 3.15. The van der Waals surface area contributed by atoms with E-state index < -0.39 is 0 Å². The van der Waals surface area contributed by atoms with Crippen LogP contribution in [0.25, 0.3) is 0 Å². The maximum atomic E-state index is 12.5. The first kappa shape index (κ1) is 44.1. The molecule has 0 saturated carbocycles. The summed E-state index contributed by atoms with van der Waals surface area (Å²) in [6.45, 7) is 8.81. The summed E-state index contributed by atoms with van der Waals surface area (Å²) < 4.78 is 11.7. The normalized spacial score (nSPS) is 11.0. The van der Waals surface area contributed by atoms with Gasteiger partial charge in [-0.3, -0.25) is 9.59 Å². The van der Waals surface area contributed by atoms with Gasteiger partial charge in [-0.1, -0.05) is 129 Å². The highest BCUT2D eigenvalue weighted by Gasteiger charge is 2.07. The fourth-order valence-corrected chi connectivity index (χ4v) is 6.12. The molecule has 0 bridgehead atoms. The Labute approximate surface area is 311 Å². The van der Waals surface area contributed by atoms with Gasteiger partial charge in [0.2, 0.25) is 0 Å². The van der Waals surface area contributed by atoms with Gasteiger partial charge in [-0.25, -0.2) is 0 Å². The van der Waals surface area contributed by atoms with E-state index in [-0.39, 0.29) is 11.8 Å². The lowest BCUT2D eigenvalue weighted by molar-refractivity contribution is 0.0945. The van der Waals surface area contributed by atoms with Crippen molar-refractivity contribution < 1.29 is 19.1 Å². The molecule has 0 saturated heterocycles. The Morgan fingerprint density at radius 3 is 1.06 bits per heavy atom. The van der Waals surface area contributed by atoms with E-state index in [2.05, 4.69) is 29.8 Å². The summed E-state index contributed by atoms with van der Waals surface area (Å²) in [5, 5.41) is 9.37. The molecule has 7 heteroatoms. The van der Waals surface area contributed by atoms with E-state index >= 15 is 0 Å². The summed E-state index contributed by atoms with van der Waals surface area (Å²) in [5.41, 5.74) is 1.30. The van der Waals surface area contributed by atoms with Crippen molar-refractivity contribution in [2.24, 2.45) is 0 Å². The number of carbonyl (C=O) groups excluding carboxylic acids is 2. The minimum atomic E-state index is -0.0624. The smallest absolute Gasteiger partial charge is 0.251 e. The highest BCUT2D eigenvalue weighted by Crippen LogP contribution is 2.16. The van der Waals surface area contributed by atoms with Crippen LogP contribution in [0.1, 0.15) is 176 Å². The maximum absolute atomic E-state index is 12.5. The zero-order valence-corrected chi connectivity index (χ0v) is 32.6. The summed E-state index contributed by atoms with van der Waals surface area (Å²) in [6.07, 6.45) is 27.9. The molecule has 0 unspecified atom stereocenters. The molecule has 2 aromatic rings. The Bertz CT molecular complexity index is 1020. The molecule has 0 heterocycles. The standard InChI is InChI=1S/C44H73N3O4/c1-3-5-7-9-11-13-15-17-19-21-37-50-41-29-25-39(26-30-41)43(48)46-35-23-33-45-34-24-36-47-44(49)40-27-31-42(32-28-40)51-38-22-20-18-16-14-12-10-8-6-4-2/h25-32,45H,3-24,33-38H2,1-2H3,(H,46,48)(H,47,49). The Morgan fingerprint density at radius 2 is 0.725 bits per heavy atom. The van der Waals surface area contributed by atoms with Gasteiger partial charge in [-0.2, -0.15) is 0 Å². The van der Waals surface area contributed by atoms with E-state index in [1.54, 1.807) is 0 Å². The van der Waals surface area contributed by atoms with E-state index in [0.717, 1.165) is 63.5 Å². The predicted molar refractivity (Wildman–Crippen MR) is 214 cm³/mol. The molecule has 2 aromatic carbocycles. The van der Waals surface area contributed by atoms with E-state index in [9.17, 15) is 9.59 Å². The summed E-state index contributed by atoms with van der Waals surface area (Å²) in [6, 6.07) is 14.9. The lowest BCUT2D eigenvalue weighted by atomic mass is 10.1. The van der Waals surface area contributed by atoms with Crippen molar-refractivity contribution in [3.05, 3.63) is 59.7 Å². The Hall–Kier alpha value is -3.06. The first-order chi connectivity index (χ1) is 25.1. The Kier molecular flexibility index (Phi) is 27.4. The van der Waals surface area contributed by atoms with Crippen LogP contribution in [0.5, 0.6) is 11.5 Å². The molecular weight excluding hydrogens is 635 g/mol. The van der Waals surface area contributed by atoms with Crippen LogP contribution in [0.4, 0.5) is 0 Å². The summed E-state index contributed by atoms with van der Waals surface area (Å²) in [7, 11) is 0. The minimum absolute atomic E-state index is 0.0624. The van der Waals surface area contributed by atoms with E-state index in [1.807, 2.05) is 48.5 Å². The van der Waals surface area contributed by atoms with Crippen molar-refractivity contribution in [3.63, 3.8) is 0 Å². The largest absolute Gasteiger partial charge is 0.494 e. The lowest BCUT2D eigenvalue weighted by Crippen LogP contribution is -2.29. The number of carbonyl (C=O) groups is 2. The van der Waals surface area contributed by atoms with Crippen LogP contribution in [0.15, 0.2) is 48.5 Å². The molecule has 0 atom stereocenters. The van der Waals surface area contributed by atoms with Crippen LogP contribution in [-0.2, 0) is 0 Å². The number of benzene rings is 2. The first-order valence-corrected chi connectivity index (χ1v) is 20.9. The number of unbranched alkanes of at least 4 members (excludes halogenated alkanes) is 18. The van der Waals surface area contributed by atoms with E-state index in [4.69, 9.17) is 9.47 Å². The summed E-state index contributed by atoms with van der Waals surface area (Å²) in [5.74, 6) is 1.51. The molecule has 7 nitrogen and oxygen atoms in total. The number of hydrogen-bond acceptors (Lipinski definition) is 5. The van der Waals surface area contributed by atoms with Crippen molar-refractivity contribution in [2.45, 2.75) is 155 Å². The third-order valence-electron chi connectivity index (χ3n) is 9.40. The van der Waals surface area contributed by atoms with Gasteiger partial charge in [0.05, 0.1) is 13.2 Å². The molecule has 288 valence electrons. The average molecular weight is 708 g/mol. The zero-order chi connectivity index (χ0) is 36.5. The quantitative estimate of drug-likeness (QED) is 0.0630. The highest BCUT2D eigenvalue weighted by atomic mass is 16.5. The fourth-order valence-electron chi connectivity index (χ4n) is 6.12. The maximum Gasteiger partial charge on any atom is 0.251 e. The van der Waals surface area contributed by atoms with Crippen LogP contribution in [0.3, 0.4) is 0 Å². The van der Waals surface area contributed by atoms with Crippen molar-refractivity contribution in [1.82, 2.24) is 16.0 Å². The van der Waals surface area contributed by atoms with Crippen molar-refractivity contribution in [2.75, 3.05) is 39.4 Å². The van der Waals surface area contributed by atoms with Crippen LogP contribution >= 0.6 is 0 Å². The zero-order valence-electron chi connectivity index (χ0n) is 32.6. The fraction of sp³-hybridized carbons (Fsp3) is 0.682. The van der Waals surface area contributed by atoms with Crippen molar-refractivity contribution in [1.29, 1.82) is 0 Å². The van der Waals surface area contributed by atoms with Gasteiger partial charge < -0.3 is 25.4 Å².